The van der Waals surface area contributed by atoms with Crippen LogP contribution in [0.5, 0.6) is 0 Å². The first-order chi connectivity index (χ1) is 10.2. The molecule has 0 amide bonds. The van der Waals surface area contributed by atoms with Gasteiger partial charge in [0.25, 0.3) is 0 Å². The Kier molecular flexibility index (Phi) is 4.82. The fourth-order valence-corrected chi connectivity index (χ4v) is 4.45. The van der Waals surface area contributed by atoms with E-state index >= 15 is 0 Å². The lowest BCUT2D eigenvalue weighted by atomic mass is 9.71. The average molecular weight is 289 g/mol. The average Bonchev–Trinajstić information content (AvgIpc) is 2.51. The fraction of sp³-hybridized carbons (Fsp3) is 0.684. The van der Waals surface area contributed by atoms with Crippen molar-refractivity contribution in [3.8, 4) is 0 Å². The number of anilines is 1. The normalized spacial score (nSPS) is 27.5. The van der Waals surface area contributed by atoms with E-state index in [0.29, 0.717) is 6.04 Å². The Morgan fingerprint density at radius 2 is 1.67 bits per heavy atom. The summed E-state index contributed by atoms with van der Waals surface area (Å²) in [5.41, 5.74) is 2.16. The zero-order valence-electron chi connectivity index (χ0n) is 13.2. The van der Waals surface area contributed by atoms with Crippen molar-refractivity contribution in [2.24, 2.45) is 11.8 Å². The van der Waals surface area contributed by atoms with Gasteiger partial charge in [0, 0.05) is 11.7 Å². The van der Waals surface area contributed by atoms with Gasteiger partial charge in [-0.15, -0.1) is 0 Å². The molecule has 116 valence electrons. The molecule has 2 saturated carbocycles. The summed E-state index contributed by atoms with van der Waals surface area (Å²) in [4.78, 5) is 0. The maximum atomic E-state index is 13.3. The third-order valence-corrected chi connectivity index (χ3v) is 5.60. The topological polar surface area (TPSA) is 12.0 Å². The highest BCUT2D eigenvalue weighted by molar-refractivity contribution is 5.51. The van der Waals surface area contributed by atoms with Crippen LogP contribution in [-0.2, 0) is 0 Å². The summed E-state index contributed by atoms with van der Waals surface area (Å²) in [5.74, 6) is 1.60. The Morgan fingerprint density at radius 1 is 0.952 bits per heavy atom. The lowest BCUT2D eigenvalue weighted by molar-refractivity contribution is 0.180. The van der Waals surface area contributed by atoms with Gasteiger partial charge >= 0.3 is 0 Å². The second-order valence-corrected chi connectivity index (χ2v) is 7.06. The first-order valence-corrected chi connectivity index (χ1v) is 8.77. The molecule has 2 aliphatic rings. The van der Waals surface area contributed by atoms with Gasteiger partial charge in [-0.05, 0) is 55.4 Å². The van der Waals surface area contributed by atoms with E-state index in [-0.39, 0.29) is 5.82 Å². The molecule has 2 fully saturated rings. The standard InChI is InChI=1S/C19H28FN/c1-14-13-16(20)11-12-18(14)21-19-10-6-5-9-17(19)15-7-3-2-4-8-15/h11-13,15,17,19,21H,2-10H2,1H3. The predicted molar refractivity (Wildman–Crippen MR) is 87.1 cm³/mol. The van der Waals surface area contributed by atoms with Crippen LogP contribution in [0.25, 0.3) is 0 Å². The Morgan fingerprint density at radius 3 is 2.43 bits per heavy atom. The van der Waals surface area contributed by atoms with Crippen LogP contribution in [0.2, 0.25) is 0 Å². The van der Waals surface area contributed by atoms with Gasteiger partial charge < -0.3 is 5.32 Å². The maximum absolute atomic E-state index is 13.3. The van der Waals surface area contributed by atoms with Crippen LogP contribution >= 0.6 is 0 Å². The van der Waals surface area contributed by atoms with Gasteiger partial charge in [-0.25, -0.2) is 4.39 Å². The third-order valence-electron chi connectivity index (χ3n) is 5.60. The van der Waals surface area contributed by atoms with Crippen LogP contribution in [0.15, 0.2) is 18.2 Å². The van der Waals surface area contributed by atoms with Crippen LogP contribution < -0.4 is 5.32 Å². The van der Waals surface area contributed by atoms with E-state index in [2.05, 4.69) is 5.32 Å². The molecule has 1 N–H and O–H groups in total. The Hall–Kier alpha value is -1.05. The molecule has 2 aliphatic carbocycles. The number of rotatable bonds is 3. The number of halogens is 1. The quantitative estimate of drug-likeness (QED) is 0.754. The molecule has 2 atom stereocenters. The molecule has 1 aromatic rings. The van der Waals surface area contributed by atoms with Crippen LogP contribution in [0, 0.1) is 24.6 Å². The maximum Gasteiger partial charge on any atom is 0.123 e. The highest BCUT2D eigenvalue weighted by Crippen LogP contribution is 2.39. The SMILES string of the molecule is Cc1cc(F)ccc1NC1CCCCC1C1CCCCC1. The monoisotopic (exact) mass is 289 g/mol. The molecule has 2 heteroatoms. The molecule has 0 saturated heterocycles. The molecule has 0 heterocycles. The zero-order chi connectivity index (χ0) is 14.7. The molecule has 0 spiro atoms. The van der Waals surface area contributed by atoms with E-state index in [1.807, 2.05) is 13.0 Å². The number of hydrogen-bond acceptors (Lipinski definition) is 1. The molecule has 2 unspecified atom stereocenters. The van der Waals surface area contributed by atoms with Gasteiger partial charge in [0.1, 0.15) is 5.82 Å². The van der Waals surface area contributed by atoms with Gasteiger partial charge in [0.05, 0.1) is 0 Å². The van der Waals surface area contributed by atoms with Crippen LogP contribution in [0.1, 0.15) is 63.4 Å². The molecule has 0 aromatic heterocycles. The predicted octanol–water partition coefficient (Wildman–Crippen LogP) is 5.69. The van der Waals surface area contributed by atoms with Crippen LogP contribution in [0.3, 0.4) is 0 Å². The Labute approximate surface area is 128 Å². The molecule has 0 bridgehead atoms. The van der Waals surface area contributed by atoms with Crippen molar-refractivity contribution in [1.82, 2.24) is 0 Å². The Bertz CT molecular complexity index is 465. The summed E-state index contributed by atoms with van der Waals surface area (Å²) in [6, 6.07) is 5.72. The summed E-state index contributed by atoms with van der Waals surface area (Å²) in [6.07, 6.45) is 12.5. The lowest BCUT2D eigenvalue weighted by Gasteiger charge is -2.40. The molecular formula is C19H28FN. The van der Waals surface area contributed by atoms with Crippen molar-refractivity contribution in [2.45, 2.75) is 70.8 Å². The van der Waals surface area contributed by atoms with Crippen LogP contribution in [-0.4, -0.2) is 6.04 Å². The molecule has 0 aliphatic heterocycles. The highest BCUT2D eigenvalue weighted by atomic mass is 19.1. The molecule has 21 heavy (non-hydrogen) atoms. The molecule has 3 rings (SSSR count). The minimum atomic E-state index is -0.134. The lowest BCUT2D eigenvalue weighted by Crippen LogP contribution is -2.37. The third kappa shape index (κ3) is 3.59. The summed E-state index contributed by atoms with van der Waals surface area (Å²) in [7, 11) is 0. The summed E-state index contributed by atoms with van der Waals surface area (Å²) in [6.45, 7) is 2.00. The van der Waals surface area contributed by atoms with E-state index < -0.39 is 0 Å². The molecule has 0 radical (unpaired) electrons. The largest absolute Gasteiger partial charge is 0.382 e. The van der Waals surface area contributed by atoms with E-state index in [4.69, 9.17) is 0 Å². The number of hydrogen-bond donors (Lipinski definition) is 1. The number of nitrogens with one attached hydrogen (secondary N) is 1. The van der Waals surface area contributed by atoms with Crippen molar-refractivity contribution in [3.05, 3.63) is 29.6 Å². The second kappa shape index (κ2) is 6.81. The van der Waals surface area contributed by atoms with Crippen molar-refractivity contribution in [1.29, 1.82) is 0 Å². The minimum absolute atomic E-state index is 0.134. The van der Waals surface area contributed by atoms with E-state index in [1.54, 1.807) is 12.1 Å². The number of aryl methyl sites for hydroxylation is 1. The molecule has 1 aromatic carbocycles. The second-order valence-electron chi connectivity index (χ2n) is 7.06. The Balaban J connectivity index is 1.71. The minimum Gasteiger partial charge on any atom is -0.382 e. The van der Waals surface area contributed by atoms with Crippen molar-refractivity contribution < 1.29 is 4.39 Å². The first-order valence-electron chi connectivity index (χ1n) is 8.77. The van der Waals surface area contributed by atoms with Crippen LogP contribution in [0.4, 0.5) is 10.1 Å². The summed E-state index contributed by atoms with van der Waals surface area (Å²) < 4.78 is 13.3. The molecule has 1 nitrogen and oxygen atoms in total. The van der Waals surface area contributed by atoms with Gasteiger partial charge in [-0.1, -0.05) is 44.9 Å². The number of benzene rings is 1. The fourth-order valence-electron chi connectivity index (χ4n) is 4.45. The summed E-state index contributed by atoms with van der Waals surface area (Å²) >= 11 is 0. The van der Waals surface area contributed by atoms with E-state index in [0.717, 1.165) is 23.1 Å². The van der Waals surface area contributed by atoms with Gasteiger partial charge in [-0.2, -0.15) is 0 Å². The van der Waals surface area contributed by atoms with Gasteiger partial charge in [0.2, 0.25) is 0 Å². The highest BCUT2D eigenvalue weighted by Gasteiger charge is 2.32. The summed E-state index contributed by atoms with van der Waals surface area (Å²) in [5, 5.41) is 3.76. The van der Waals surface area contributed by atoms with Gasteiger partial charge in [0.15, 0.2) is 0 Å². The van der Waals surface area contributed by atoms with Crippen molar-refractivity contribution in [3.63, 3.8) is 0 Å². The first kappa shape index (κ1) is 14.9. The van der Waals surface area contributed by atoms with Gasteiger partial charge in [-0.3, -0.25) is 0 Å². The van der Waals surface area contributed by atoms with Crippen molar-refractivity contribution in [2.75, 3.05) is 5.32 Å². The molecular weight excluding hydrogens is 261 g/mol. The van der Waals surface area contributed by atoms with E-state index in [1.165, 1.54) is 57.8 Å². The zero-order valence-corrected chi connectivity index (χ0v) is 13.2. The van der Waals surface area contributed by atoms with Crippen molar-refractivity contribution >= 4 is 5.69 Å². The van der Waals surface area contributed by atoms with E-state index in [9.17, 15) is 4.39 Å². The smallest absolute Gasteiger partial charge is 0.123 e.